The number of rotatable bonds is 5. The van der Waals surface area contributed by atoms with Gasteiger partial charge in [-0.15, -0.1) is 0 Å². The monoisotopic (exact) mass is 264 g/mol. The van der Waals surface area contributed by atoms with E-state index in [-0.39, 0.29) is 24.5 Å². The molecule has 0 radical (unpaired) electrons. The summed E-state index contributed by atoms with van der Waals surface area (Å²) in [6.45, 7) is 0.477. The van der Waals surface area contributed by atoms with E-state index < -0.39 is 0 Å². The summed E-state index contributed by atoms with van der Waals surface area (Å²) in [6.07, 6.45) is 0.602. The minimum Gasteiger partial charge on any atom is -0.497 e. The molecule has 1 saturated heterocycles. The van der Waals surface area contributed by atoms with Crippen molar-refractivity contribution in [3.63, 3.8) is 0 Å². The molecular formula is C13H16N2O4. The molecule has 102 valence electrons. The largest absolute Gasteiger partial charge is 0.497 e. The molecular weight excluding hydrogens is 248 g/mol. The van der Waals surface area contributed by atoms with Gasteiger partial charge in [-0.05, 0) is 12.1 Å². The van der Waals surface area contributed by atoms with Crippen molar-refractivity contribution in [2.45, 2.75) is 12.5 Å². The van der Waals surface area contributed by atoms with Gasteiger partial charge < -0.3 is 14.8 Å². The summed E-state index contributed by atoms with van der Waals surface area (Å²) in [5.41, 5.74) is 0.653. The van der Waals surface area contributed by atoms with Crippen LogP contribution in [0.1, 0.15) is 6.42 Å². The molecule has 0 bridgehead atoms. The third-order valence-electron chi connectivity index (χ3n) is 2.80. The number of hydrogen-bond acceptors (Lipinski definition) is 5. The van der Waals surface area contributed by atoms with E-state index in [2.05, 4.69) is 10.6 Å². The quantitative estimate of drug-likeness (QED) is 0.759. The lowest BCUT2D eigenvalue weighted by atomic mass is 10.2. The Bertz CT molecular complexity index is 475. The summed E-state index contributed by atoms with van der Waals surface area (Å²) in [5, 5.41) is 5.58. The van der Waals surface area contributed by atoms with Crippen molar-refractivity contribution in [3.05, 3.63) is 24.3 Å². The van der Waals surface area contributed by atoms with Crippen LogP contribution < -0.4 is 15.4 Å². The second-order valence-electron chi connectivity index (χ2n) is 4.17. The van der Waals surface area contributed by atoms with Crippen LogP contribution in [0, 0.1) is 0 Å². The van der Waals surface area contributed by atoms with Crippen LogP contribution >= 0.6 is 0 Å². The topological polar surface area (TPSA) is 76.7 Å². The molecule has 6 heteroatoms. The number of carbonyl (C=O) groups is 2. The molecule has 1 unspecified atom stereocenters. The van der Waals surface area contributed by atoms with E-state index in [9.17, 15) is 9.59 Å². The van der Waals surface area contributed by atoms with Gasteiger partial charge >= 0.3 is 5.97 Å². The smallest absolute Gasteiger partial charge is 0.323 e. The first kappa shape index (κ1) is 13.4. The van der Waals surface area contributed by atoms with E-state index in [1.807, 2.05) is 0 Å². The van der Waals surface area contributed by atoms with Crippen molar-refractivity contribution >= 4 is 17.6 Å². The van der Waals surface area contributed by atoms with Gasteiger partial charge in [-0.25, -0.2) is 0 Å². The van der Waals surface area contributed by atoms with Gasteiger partial charge in [-0.2, -0.15) is 0 Å². The van der Waals surface area contributed by atoms with Gasteiger partial charge in [-0.3, -0.25) is 14.9 Å². The second-order valence-corrected chi connectivity index (χ2v) is 4.17. The molecule has 1 atom stereocenters. The van der Waals surface area contributed by atoms with Crippen molar-refractivity contribution in [1.29, 1.82) is 0 Å². The van der Waals surface area contributed by atoms with Gasteiger partial charge in [0, 0.05) is 18.2 Å². The molecule has 1 fully saturated rings. The Morgan fingerprint density at radius 3 is 3.05 bits per heavy atom. The molecule has 0 aliphatic carbocycles. The van der Waals surface area contributed by atoms with Crippen molar-refractivity contribution in [2.24, 2.45) is 0 Å². The average molecular weight is 264 g/mol. The van der Waals surface area contributed by atoms with Crippen LogP contribution in [-0.4, -0.2) is 38.2 Å². The van der Waals surface area contributed by atoms with E-state index in [1.165, 1.54) is 0 Å². The fourth-order valence-electron chi connectivity index (χ4n) is 1.80. The molecule has 1 amide bonds. The van der Waals surface area contributed by atoms with Gasteiger partial charge in [-0.1, -0.05) is 6.07 Å². The Balaban J connectivity index is 1.82. The predicted molar refractivity (Wildman–Crippen MR) is 69.0 cm³/mol. The van der Waals surface area contributed by atoms with Crippen LogP contribution in [0.25, 0.3) is 0 Å². The minimum atomic E-state index is -0.379. The first-order valence-corrected chi connectivity index (χ1v) is 6.03. The number of ether oxygens (including phenoxy) is 2. The number of esters is 1. The average Bonchev–Trinajstić information content (AvgIpc) is 2.82. The summed E-state index contributed by atoms with van der Waals surface area (Å²) in [6, 6.07) is 6.70. The lowest BCUT2D eigenvalue weighted by Gasteiger charge is -2.10. The zero-order valence-electron chi connectivity index (χ0n) is 10.6. The number of hydrogen-bond donors (Lipinski definition) is 2. The number of carbonyl (C=O) groups excluding carboxylic acids is 2. The van der Waals surface area contributed by atoms with Gasteiger partial charge in [0.25, 0.3) is 0 Å². The number of nitrogens with one attached hydrogen (secondary N) is 2. The number of amides is 1. The highest BCUT2D eigenvalue weighted by Crippen LogP contribution is 2.16. The Morgan fingerprint density at radius 2 is 2.37 bits per heavy atom. The minimum absolute atomic E-state index is 0.0664. The maximum atomic E-state index is 11.7. The lowest BCUT2D eigenvalue weighted by molar-refractivity contribution is -0.139. The highest BCUT2D eigenvalue weighted by atomic mass is 16.5. The summed E-state index contributed by atoms with van der Waals surface area (Å²) < 4.78 is 9.86. The summed E-state index contributed by atoms with van der Waals surface area (Å²) >= 11 is 0. The van der Waals surface area contributed by atoms with Crippen molar-refractivity contribution < 1.29 is 19.1 Å². The third-order valence-corrected chi connectivity index (χ3v) is 2.80. The number of benzene rings is 1. The van der Waals surface area contributed by atoms with Crippen molar-refractivity contribution in [2.75, 3.05) is 25.6 Å². The fraction of sp³-hybridized carbons (Fsp3) is 0.385. The summed E-state index contributed by atoms with van der Waals surface area (Å²) in [4.78, 5) is 22.9. The molecule has 1 aliphatic heterocycles. The highest BCUT2D eigenvalue weighted by molar-refractivity contribution is 5.92. The fourth-order valence-corrected chi connectivity index (χ4v) is 1.80. The first-order valence-electron chi connectivity index (χ1n) is 6.03. The zero-order chi connectivity index (χ0) is 13.7. The number of methoxy groups -OCH3 is 1. The van der Waals surface area contributed by atoms with Gasteiger partial charge in [0.1, 0.15) is 11.8 Å². The molecule has 1 aromatic carbocycles. The summed E-state index contributed by atoms with van der Waals surface area (Å²) in [7, 11) is 1.56. The highest BCUT2D eigenvalue weighted by Gasteiger charge is 2.26. The van der Waals surface area contributed by atoms with Gasteiger partial charge in [0.2, 0.25) is 5.91 Å². The first-order chi connectivity index (χ1) is 9.19. The van der Waals surface area contributed by atoms with Crippen LogP contribution in [0.5, 0.6) is 5.75 Å². The molecule has 0 aromatic heterocycles. The van der Waals surface area contributed by atoms with Gasteiger partial charge in [0.15, 0.2) is 0 Å². The Kier molecular flexibility index (Phi) is 4.35. The standard InChI is InChI=1S/C13H16N2O4/c1-18-10-4-2-3-9(7-10)15-12(16)8-14-11-5-6-19-13(11)17/h2-4,7,11,14H,5-6,8H2,1H3,(H,15,16). The number of cyclic esters (lactones) is 1. The molecule has 1 heterocycles. The van der Waals surface area contributed by atoms with Crippen LogP contribution in [0.2, 0.25) is 0 Å². The third kappa shape index (κ3) is 3.69. The summed E-state index contributed by atoms with van der Waals surface area (Å²) in [5.74, 6) is 0.160. The maximum absolute atomic E-state index is 11.7. The Hall–Kier alpha value is -2.08. The maximum Gasteiger partial charge on any atom is 0.323 e. The second kappa shape index (κ2) is 6.19. The van der Waals surface area contributed by atoms with Crippen LogP contribution in [0.3, 0.4) is 0 Å². The molecule has 0 saturated carbocycles. The molecule has 1 aromatic rings. The molecule has 6 nitrogen and oxygen atoms in total. The number of anilines is 1. The van der Waals surface area contributed by atoms with Gasteiger partial charge in [0.05, 0.1) is 20.3 Å². The predicted octanol–water partition coefficient (Wildman–Crippen LogP) is 0.539. The zero-order valence-corrected chi connectivity index (χ0v) is 10.6. The molecule has 0 spiro atoms. The SMILES string of the molecule is COc1cccc(NC(=O)CNC2CCOC2=O)c1. The van der Waals surface area contributed by atoms with E-state index in [1.54, 1.807) is 31.4 Å². The van der Waals surface area contributed by atoms with E-state index in [4.69, 9.17) is 9.47 Å². The van der Waals surface area contributed by atoms with Crippen LogP contribution in [-0.2, 0) is 14.3 Å². The van der Waals surface area contributed by atoms with Crippen molar-refractivity contribution in [1.82, 2.24) is 5.32 Å². The van der Waals surface area contributed by atoms with Crippen LogP contribution in [0.15, 0.2) is 24.3 Å². The molecule has 2 N–H and O–H groups in total. The lowest BCUT2D eigenvalue weighted by Crippen LogP contribution is -2.38. The van der Waals surface area contributed by atoms with Crippen LogP contribution in [0.4, 0.5) is 5.69 Å². The normalized spacial score (nSPS) is 17.9. The van der Waals surface area contributed by atoms with E-state index in [0.29, 0.717) is 24.5 Å². The molecule has 2 rings (SSSR count). The van der Waals surface area contributed by atoms with E-state index >= 15 is 0 Å². The Labute approximate surface area is 111 Å². The Morgan fingerprint density at radius 1 is 1.53 bits per heavy atom. The van der Waals surface area contributed by atoms with Crippen molar-refractivity contribution in [3.8, 4) is 5.75 Å². The molecule has 1 aliphatic rings. The van der Waals surface area contributed by atoms with E-state index in [0.717, 1.165) is 0 Å². The molecule has 19 heavy (non-hydrogen) atoms.